The van der Waals surface area contributed by atoms with Crippen LogP contribution >= 0.6 is 0 Å². The van der Waals surface area contributed by atoms with E-state index in [0.29, 0.717) is 6.04 Å². The number of hydrogen-bond acceptors (Lipinski definition) is 2. The molecule has 1 heterocycles. The minimum Gasteiger partial charge on any atom is -0.309 e. The first-order valence-electron chi connectivity index (χ1n) is 7.66. The smallest absolute Gasteiger partial charge is 0.0377 e. The van der Waals surface area contributed by atoms with Crippen LogP contribution in [0.3, 0.4) is 0 Å². The molecule has 108 valence electrons. The van der Waals surface area contributed by atoms with Gasteiger partial charge in [-0.05, 0) is 41.8 Å². The van der Waals surface area contributed by atoms with Crippen molar-refractivity contribution in [2.24, 2.45) is 5.41 Å². The Labute approximate surface area is 122 Å². The highest BCUT2D eigenvalue weighted by Crippen LogP contribution is 2.38. The summed E-state index contributed by atoms with van der Waals surface area (Å²) in [6.45, 7) is 10.2. The van der Waals surface area contributed by atoms with E-state index in [-0.39, 0.29) is 5.41 Å². The zero-order chi connectivity index (χ0) is 14.6. The van der Waals surface area contributed by atoms with Crippen LogP contribution in [0.1, 0.15) is 52.1 Å². The minimum absolute atomic E-state index is 0.229. The molecule has 0 radical (unpaired) electrons. The first kappa shape index (κ1) is 15.0. The van der Waals surface area contributed by atoms with Gasteiger partial charge < -0.3 is 5.32 Å². The van der Waals surface area contributed by atoms with Crippen molar-refractivity contribution in [3.63, 3.8) is 0 Å². The second-order valence-corrected chi connectivity index (χ2v) is 6.17. The van der Waals surface area contributed by atoms with Gasteiger partial charge in [-0.1, -0.05) is 45.9 Å². The summed E-state index contributed by atoms with van der Waals surface area (Å²) >= 11 is 0. The van der Waals surface area contributed by atoms with Gasteiger partial charge in [0.1, 0.15) is 0 Å². The molecular weight excluding hydrogens is 244 g/mol. The van der Waals surface area contributed by atoms with Gasteiger partial charge in [-0.25, -0.2) is 0 Å². The average Bonchev–Trinajstić information content (AvgIpc) is 2.47. The molecular formula is C18H26N2. The highest BCUT2D eigenvalue weighted by Gasteiger charge is 2.29. The number of pyridine rings is 1. The second kappa shape index (κ2) is 6.36. The molecule has 0 saturated heterocycles. The summed E-state index contributed by atoms with van der Waals surface area (Å²) in [5.41, 5.74) is 1.62. The molecule has 0 amide bonds. The van der Waals surface area contributed by atoms with Gasteiger partial charge in [-0.15, -0.1) is 0 Å². The Morgan fingerprint density at radius 2 is 2.00 bits per heavy atom. The molecule has 0 bridgehead atoms. The monoisotopic (exact) mass is 270 g/mol. The van der Waals surface area contributed by atoms with E-state index in [4.69, 9.17) is 0 Å². The van der Waals surface area contributed by atoms with E-state index >= 15 is 0 Å². The Kier molecular flexibility index (Phi) is 4.77. The van der Waals surface area contributed by atoms with Gasteiger partial charge in [0.25, 0.3) is 0 Å². The fourth-order valence-corrected chi connectivity index (χ4v) is 2.70. The molecule has 1 aromatic carbocycles. The molecule has 0 spiro atoms. The lowest BCUT2D eigenvalue weighted by Gasteiger charge is -2.35. The summed E-state index contributed by atoms with van der Waals surface area (Å²) in [6, 6.07) is 9.05. The summed E-state index contributed by atoms with van der Waals surface area (Å²) < 4.78 is 0. The van der Waals surface area contributed by atoms with E-state index in [9.17, 15) is 0 Å². The van der Waals surface area contributed by atoms with Crippen molar-refractivity contribution >= 4 is 10.8 Å². The molecule has 1 atom stereocenters. The number of nitrogens with one attached hydrogen (secondary N) is 1. The third-order valence-electron chi connectivity index (χ3n) is 4.32. The molecule has 0 aliphatic heterocycles. The third-order valence-corrected chi connectivity index (χ3v) is 4.32. The maximum atomic E-state index is 4.24. The molecule has 1 unspecified atom stereocenters. The molecule has 0 saturated carbocycles. The summed E-state index contributed by atoms with van der Waals surface area (Å²) in [5.74, 6) is 0. The molecule has 1 N–H and O–H groups in total. The maximum absolute atomic E-state index is 4.24. The third kappa shape index (κ3) is 3.01. The molecule has 0 fully saturated rings. The maximum Gasteiger partial charge on any atom is 0.0377 e. The van der Waals surface area contributed by atoms with E-state index in [1.54, 1.807) is 0 Å². The highest BCUT2D eigenvalue weighted by molar-refractivity contribution is 5.85. The fraction of sp³-hybridized carbons (Fsp3) is 0.500. The second-order valence-electron chi connectivity index (χ2n) is 6.17. The molecule has 1 aromatic heterocycles. The molecule has 2 heteroatoms. The van der Waals surface area contributed by atoms with E-state index < -0.39 is 0 Å². The molecule has 20 heavy (non-hydrogen) atoms. The lowest BCUT2D eigenvalue weighted by molar-refractivity contribution is 0.236. The van der Waals surface area contributed by atoms with Crippen LogP contribution in [-0.2, 0) is 0 Å². The summed E-state index contributed by atoms with van der Waals surface area (Å²) in [5, 5.41) is 6.29. The van der Waals surface area contributed by atoms with Gasteiger partial charge in [-0.2, -0.15) is 0 Å². The molecule has 2 aromatic rings. The van der Waals surface area contributed by atoms with Gasteiger partial charge >= 0.3 is 0 Å². The van der Waals surface area contributed by atoms with Crippen LogP contribution in [0.25, 0.3) is 10.8 Å². The van der Waals surface area contributed by atoms with Gasteiger partial charge in [0.05, 0.1) is 0 Å². The fourth-order valence-electron chi connectivity index (χ4n) is 2.70. The SMILES string of the molecule is CCCNC(c1cccc2cnccc12)C(C)(C)CC. The highest BCUT2D eigenvalue weighted by atomic mass is 14.9. The van der Waals surface area contributed by atoms with E-state index in [0.717, 1.165) is 19.4 Å². The van der Waals surface area contributed by atoms with E-state index in [2.05, 4.69) is 62.3 Å². The zero-order valence-corrected chi connectivity index (χ0v) is 13.1. The Morgan fingerprint density at radius 3 is 2.70 bits per heavy atom. The predicted molar refractivity (Wildman–Crippen MR) is 86.8 cm³/mol. The predicted octanol–water partition coefficient (Wildman–Crippen LogP) is 4.71. The number of hydrogen-bond donors (Lipinski definition) is 1. The Morgan fingerprint density at radius 1 is 1.20 bits per heavy atom. The van der Waals surface area contributed by atoms with Crippen LogP contribution in [0.15, 0.2) is 36.7 Å². The first-order valence-corrected chi connectivity index (χ1v) is 7.66. The minimum atomic E-state index is 0.229. The molecule has 2 rings (SSSR count). The average molecular weight is 270 g/mol. The van der Waals surface area contributed by atoms with E-state index in [1.165, 1.54) is 16.3 Å². The van der Waals surface area contributed by atoms with Gasteiger partial charge in [0.15, 0.2) is 0 Å². The van der Waals surface area contributed by atoms with Crippen molar-refractivity contribution in [1.82, 2.24) is 10.3 Å². The molecule has 0 aliphatic carbocycles. The topological polar surface area (TPSA) is 24.9 Å². The number of aromatic nitrogens is 1. The lowest BCUT2D eigenvalue weighted by atomic mass is 9.77. The lowest BCUT2D eigenvalue weighted by Crippen LogP contribution is -2.34. The first-order chi connectivity index (χ1) is 9.60. The zero-order valence-electron chi connectivity index (χ0n) is 13.1. The van der Waals surface area contributed by atoms with Crippen molar-refractivity contribution in [2.45, 2.75) is 46.6 Å². The van der Waals surface area contributed by atoms with Crippen LogP contribution in [0.4, 0.5) is 0 Å². The number of benzene rings is 1. The van der Waals surface area contributed by atoms with Gasteiger partial charge in [-0.3, -0.25) is 4.98 Å². The standard InChI is InChI=1S/C18H26N2/c1-5-11-20-17(18(3,4)6-2)16-9-7-8-14-13-19-12-10-15(14)16/h7-10,12-13,17,20H,5-6,11H2,1-4H3. The van der Waals surface area contributed by atoms with Crippen molar-refractivity contribution in [3.05, 3.63) is 42.2 Å². The van der Waals surface area contributed by atoms with Crippen LogP contribution in [-0.4, -0.2) is 11.5 Å². The molecule has 0 aliphatic rings. The summed E-state index contributed by atoms with van der Waals surface area (Å²) in [6.07, 6.45) is 6.15. The number of rotatable bonds is 6. The summed E-state index contributed by atoms with van der Waals surface area (Å²) in [4.78, 5) is 4.24. The van der Waals surface area contributed by atoms with Gasteiger partial charge in [0, 0.05) is 23.8 Å². The van der Waals surface area contributed by atoms with Crippen LogP contribution in [0.2, 0.25) is 0 Å². The van der Waals surface area contributed by atoms with Crippen molar-refractivity contribution in [3.8, 4) is 0 Å². The largest absolute Gasteiger partial charge is 0.309 e. The number of fused-ring (bicyclic) bond motifs is 1. The van der Waals surface area contributed by atoms with Crippen molar-refractivity contribution < 1.29 is 0 Å². The normalized spacial score (nSPS) is 13.6. The van der Waals surface area contributed by atoms with Crippen LogP contribution in [0.5, 0.6) is 0 Å². The van der Waals surface area contributed by atoms with E-state index in [1.807, 2.05) is 12.4 Å². The Balaban J connectivity index is 2.50. The summed E-state index contributed by atoms with van der Waals surface area (Å²) in [7, 11) is 0. The van der Waals surface area contributed by atoms with Crippen molar-refractivity contribution in [2.75, 3.05) is 6.54 Å². The molecule has 2 nitrogen and oxygen atoms in total. The van der Waals surface area contributed by atoms with Crippen LogP contribution in [0, 0.1) is 5.41 Å². The number of nitrogens with zero attached hydrogens (tertiary/aromatic N) is 1. The van der Waals surface area contributed by atoms with Crippen molar-refractivity contribution in [1.29, 1.82) is 0 Å². The quantitative estimate of drug-likeness (QED) is 0.822. The van der Waals surface area contributed by atoms with Gasteiger partial charge in [0.2, 0.25) is 0 Å². The Bertz CT molecular complexity index is 555. The van der Waals surface area contributed by atoms with Crippen LogP contribution < -0.4 is 5.32 Å². The Hall–Kier alpha value is -1.41.